The topological polar surface area (TPSA) is 38.9 Å². The number of hydrogen-bond acceptors (Lipinski definition) is 2. The van der Waals surface area contributed by atoms with Crippen LogP contribution in [0.5, 0.6) is 0 Å². The van der Waals surface area contributed by atoms with Crippen molar-refractivity contribution in [3.05, 3.63) is 22.8 Å². The first-order valence-corrected chi connectivity index (χ1v) is 4.40. The predicted molar refractivity (Wildman–Crippen MR) is 52.9 cm³/mol. The molecule has 66 valence electrons. The Balaban J connectivity index is 3.14. The maximum atomic E-state index is 5.66. The molecule has 1 aromatic rings. The molecule has 1 rings (SSSR count). The van der Waals surface area contributed by atoms with Gasteiger partial charge in [-0.25, -0.2) is 4.98 Å². The molecular weight excluding hydrogens is 242 g/mol. The summed E-state index contributed by atoms with van der Waals surface area (Å²) >= 11 is 22.4. The van der Waals surface area contributed by atoms with E-state index in [0.717, 1.165) is 0 Å². The number of hydrogen-bond donors (Lipinski definition) is 1. The van der Waals surface area contributed by atoms with Gasteiger partial charge in [0.05, 0.1) is 5.02 Å². The van der Waals surface area contributed by atoms with Gasteiger partial charge in [0.2, 0.25) is 3.79 Å². The molecule has 0 aliphatic rings. The van der Waals surface area contributed by atoms with Gasteiger partial charge >= 0.3 is 0 Å². The minimum Gasteiger partial charge on any atom is -0.382 e. The van der Waals surface area contributed by atoms with Crippen LogP contribution in [-0.2, 0) is 3.79 Å². The molecule has 2 nitrogen and oxygen atoms in total. The second-order valence-electron chi connectivity index (χ2n) is 2.09. The fourth-order valence-corrected chi connectivity index (χ4v) is 1.08. The highest BCUT2D eigenvalue weighted by Gasteiger charge is 2.23. The zero-order chi connectivity index (χ0) is 9.35. The number of alkyl halides is 3. The van der Waals surface area contributed by atoms with Gasteiger partial charge < -0.3 is 5.73 Å². The zero-order valence-corrected chi connectivity index (χ0v) is 8.71. The van der Waals surface area contributed by atoms with E-state index in [2.05, 4.69) is 4.98 Å². The largest absolute Gasteiger partial charge is 0.382 e. The molecule has 0 aliphatic carbocycles. The molecule has 0 unspecified atom stereocenters. The van der Waals surface area contributed by atoms with Crippen LogP contribution in [0.4, 0.5) is 5.82 Å². The van der Waals surface area contributed by atoms with E-state index in [1.165, 1.54) is 12.3 Å². The number of halogens is 4. The first kappa shape index (κ1) is 10.2. The van der Waals surface area contributed by atoms with Crippen LogP contribution in [0.15, 0.2) is 12.3 Å². The molecule has 0 fully saturated rings. The Morgan fingerprint density at radius 1 is 1.33 bits per heavy atom. The van der Waals surface area contributed by atoms with Gasteiger partial charge in [-0.05, 0) is 6.07 Å². The van der Waals surface area contributed by atoms with E-state index < -0.39 is 3.79 Å². The van der Waals surface area contributed by atoms with Crippen LogP contribution in [-0.4, -0.2) is 4.98 Å². The molecular formula is C6H4Cl4N2. The molecule has 1 heterocycles. The van der Waals surface area contributed by atoms with E-state index in [-0.39, 0.29) is 10.8 Å². The van der Waals surface area contributed by atoms with E-state index in [1.54, 1.807) is 0 Å². The van der Waals surface area contributed by atoms with Gasteiger partial charge in [0.1, 0.15) is 5.82 Å². The van der Waals surface area contributed by atoms with Crippen LogP contribution < -0.4 is 5.73 Å². The van der Waals surface area contributed by atoms with E-state index in [1.807, 2.05) is 0 Å². The van der Waals surface area contributed by atoms with Gasteiger partial charge in [0.15, 0.2) is 0 Å². The standard InChI is InChI=1S/C6H4Cl4N2/c7-4-1-3(6(8,9)10)2-12-5(4)11/h1-2H,(H2,11,12). The number of nitrogens with zero attached hydrogens (tertiary/aromatic N) is 1. The summed E-state index contributed by atoms with van der Waals surface area (Å²) in [5, 5.41) is 0.277. The fourth-order valence-electron chi connectivity index (χ4n) is 0.604. The number of rotatable bonds is 0. The molecule has 6 heteroatoms. The average molecular weight is 246 g/mol. The Morgan fingerprint density at radius 2 is 1.92 bits per heavy atom. The second kappa shape index (κ2) is 3.46. The highest BCUT2D eigenvalue weighted by Crippen LogP contribution is 2.39. The highest BCUT2D eigenvalue weighted by molar-refractivity contribution is 6.66. The lowest BCUT2D eigenvalue weighted by Gasteiger charge is -2.10. The Hall–Kier alpha value is 0.110. The van der Waals surface area contributed by atoms with Gasteiger partial charge in [0.25, 0.3) is 0 Å². The van der Waals surface area contributed by atoms with Crippen LogP contribution in [0.2, 0.25) is 5.02 Å². The van der Waals surface area contributed by atoms with Crippen LogP contribution in [0.25, 0.3) is 0 Å². The minimum absolute atomic E-state index is 0.217. The summed E-state index contributed by atoms with van der Waals surface area (Å²) in [5.74, 6) is 0.217. The van der Waals surface area contributed by atoms with Crippen LogP contribution in [0.3, 0.4) is 0 Å². The van der Waals surface area contributed by atoms with E-state index in [0.29, 0.717) is 5.56 Å². The Morgan fingerprint density at radius 3 is 2.33 bits per heavy atom. The van der Waals surface area contributed by atoms with E-state index >= 15 is 0 Å². The zero-order valence-electron chi connectivity index (χ0n) is 5.69. The minimum atomic E-state index is -1.51. The van der Waals surface area contributed by atoms with E-state index in [9.17, 15) is 0 Å². The van der Waals surface area contributed by atoms with Crippen molar-refractivity contribution in [1.82, 2.24) is 4.98 Å². The van der Waals surface area contributed by atoms with Crippen molar-refractivity contribution in [2.45, 2.75) is 3.79 Å². The summed E-state index contributed by atoms with van der Waals surface area (Å²) in [5.41, 5.74) is 5.75. The highest BCUT2D eigenvalue weighted by atomic mass is 35.6. The van der Waals surface area contributed by atoms with Crippen molar-refractivity contribution >= 4 is 52.2 Å². The normalized spacial score (nSPS) is 11.7. The lowest BCUT2D eigenvalue weighted by atomic mass is 10.3. The lowest BCUT2D eigenvalue weighted by Crippen LogP contribution is -2.02. The molecule has 0 saturated heterocycles. The SMILES string of the molecule is Nc1ncc(C(Cl)(Cl)Cl)cc1Cl. The van der Waals surface area contributed by atoms with Crippen molar-refractivity contribution < 1.29 is 0 Å². The molecule has 1 aromatic heterocycles. The number of nitrogens with two attached hydrogens (primary N) is 1. The Kier molecular flexibility index (Phi) is 2.94. The van der Waals surface area contributed by atoms with Crippen LogP contribution >= 0.6 is 46.4 Å². The van der Waals surface area contributed by atoms with Crippen molar-refractivity contribution in [2.75, 3.05) is 5.73 Å². The average Bonchev–Trinajstić information content (AvgIpc) is 1.92. The molecule has 12 heavy (non-hydrogen) atoms. The van der Waals surface area contributed by atoms with E-state index in [4.69, 9.17) is 52.1 Å². The van der Waals surface area contributed by atoms with Crippen molar-refractivity contribution in [2.24, 2.45) is 0 Å². The first-order valence-electron chi connectivity index (χ1n) is 2.89. The molecule has 0 aromatic carbocycles. The van der Waals surface area contributed by atoms with Crippen LogP contribution in [0.1, 0.15) is 5.56 Å². The van der Waals surface area contributed by atoms with Crippen molar-refractivity contribution in [3.8, 4) is 0 Å². The third kappa shape index (κ3) is 2.30. The summed E-state index contributed by atoms with van der Waals surface area (Å²) in [4.78, 5) is 3.74. The smallest absolute Gasteiger partial charge is 0.217 e. The summed E-state index contributed by atoms with van der Waals surface area (Å²) in [6.07, 6.45) is 1.37. The number of anilines is 1. The summed E-state index contributed by atoms with van der Waals surface area (Å²) < 4.78 is -1.51. The van der Waals surface area contributed by atoms with Crippen molar-refractivity contribution in [1.29, 1.82) is 0 Å². The molecule has 0 amide bonds. The maximum Gasteiger partial charge on any atom is 0.217 e. The summed E-state index contributed by atoms with van der Waals surface area (Å²) in [6.45, 7) is 0. The third-order valence-corrected chi connectivity index (χ3v) is 2.15. The third-order valence-electron chi connectivity index (χ3n) is 1.20. The second-order valence-corrected chi connectivity index (χ2v) is 4.78. The van der Waals surface area contributed by atoms with Gasteiger partial charge in [0, 0.05) is 11.8 Å². The van der Waals surface area contributed by atoms with Gasteiger partial charge in [-0.15, -0.1) is 0 Å². The monoisotopic (exact) mass is 244 g/mol. The summed E-state index contributed by atoms with van der Waals surface area (Å²) in [7, 11) is 0. The first-order chi connectivity index (χ1) is 5.41. The number of aromatic nitrogens is 1. The fraction of sp³-hybridized carbons (Fsp3) is 0.167. The van der Waals surface area contributed by atoms with Gasteiger partial charge in [-0.1, -0.05) is 46.4 Å². The number of pyridine rings is 1. The van der Waals surface area contributed by atoms with Gasteiger partial charge in [-0.3, -0.25) is 0 Å². The van der Waals surface area contributed by atoms with Gasteiger partial charge in [-0.2, -0.15) is 0 Å². The molecule has 0 radical (unpaired) electrons. The Labute approximate surface area is 89.6 Å². The molecule has 2 N–H and O–H groups in total. The molecule has 0 spiro atoms. The number of nitrogen functional groups attached to an aromatic ring is 1. The van der Waals surface area contributed by atoms with Crippen molar-refractivity contribution in [3.63, 3.8) is 0 Å². The molecule has 0 saturated carbocycles. The quantitative estimate of drug-likeness (QED) is 0.714. The molecule has 0 atom stereocenters. The molecule has 0 bridgehead atoms. The Bertz CT molecular complexity index is 294. The molecule has 0 aliphatic heterocycles. The lowest BCUT2D eigenvalue weighted by molar-refractivity contribution is 1.17. The predicted octanol–water partition coefficient (Wildman–Crippen LogP) is 3.14. The summed E-state index contributed by atoms with van der Waals surface area (Å²) in [6, 6.07) is 1.47. The van der Waals surface area contributed by atoms with Crippen LogP contribution in [0, 0.1) is 0 Å². The maximum absolute atomic E-state index is 5.66.